The number of non-ortho nitro benzene ring substituents is 1. The highest BCUT2D eigenvalue weighted by atomic mass is 19.4. The summed E-state index contributed by atoms with van der Waals surface area (Å²) in [5.74, 6) is -0.422. The molecule has 0 aromatic heterocycles. The zero-order valence-corrected chi connectivity index (χ0v) is 12.0. The molecule has 1 N–H and O–H groups in total. The fraction of sp³-hybridized carbons (Fsp3) is 0.500. The van der Waals surface area contributed by atoms with Gasteiger partial charge in [-0.15, -0.1) is 0 Å². The lowest BCUT2D eigenvalue weighted by atomic mass is 9.90. The van der Waals surface area contributed by atoms with Crippen LogP contribution in [-0.4, -0.2) is 45.7 Å². The van der Waals surface area contributed by atoms with E-state index in [9.17, 15) is 33.2 Å². The van der Waals surface area contributed by atoms with Gasteiger partial charge in [-0.25, -0.2) is 0 Å². The molecule has 1 fully saturated rings. The van der Waals surface area contributed by atoms with Crippen LogP contribution in [0.5, 0.6) is 0 Å². The normalized spacial score (nSPS) is 17.8. The molecule has 0 saturated carbocycles. The van der Waals surface area contributed by atoms with Crippen LogP contribution in [0.4, 0.5) is 18.9 Å². The molecule has 6 nitrogen and oxygen atoms in total. The number of nitro benzene ring substituents is 1. The summed E-state index contributed by atoms with van der Waals surface area (Å²) in [6.45, 7) is -0.409. The lowest BCUT2D eigenvalue weighted by Gasteiger charge is -2.39. The maximum absolute atomic E-state index is 12.7. The van der Waals surface area contributed by atoms with E-state index >= 15 is 0 Å². The molecule has 2 rings (SSSR count). The van der Waals surface area contributed by atoms with Gasteiger partial charge in [-0.1, -0.05) is 12.1 Å². The van der Waals surface area contributed by atoms with Crippen molar-refractivity contribution in [1.82, 2.24) is 4.90 Å². The third-order valence-electron chi connectivity index (χ3n) is 3.95. The number of alkyl halides is 3. The third-order valence-corrected chi connectivity index (χ3v) is 3.95. The van der Waals surface area contributed by atoms with Crippen molar-refractivity contribution in [2.75, 3.05) is 13.1 Å². The van der Waals surface area contributed by atoms with Crippen LogP contribution in [0, 0.1) is 10.1 Å². The van der Waals surface area contributed by atoms with Crippen LogP contribution in [0.25, 0.3) is 0 Å². The summed E-state index contributed by atoms with van der Waals surface area (Å²) in [7, 11) is 0. The van der Waals surface area contributed by atoms with Crippen LogP contribution in [0.1, 0.15) is 18.4 Å². The quantitative estimate of drug-likeness (QED) is 0.678. The molecule has 1 amide bonds. The number of rotatable bonds is 3. The van der Waals surface area contributed by atoms with Gasteiger partial charge in [0.1, 0.15) is 0 Å². The fourth-order valence-electron chi connectivity index (χ4n) is 2.48. The van der Waals surface area contributed by atoms with Crippen LogP contribution < -0.4 is 0 Å². The minimum Gasteiger partial charge on any atom is -0.380 e. The highest BCUT2D eigenvalue weighted by molar-refractivity contribution is 5.79. The Labute approximate surface area is 129 Å². The molecular weight excluding hydrogens is 317 g/mol. The Morgan fingerprint density at radius 1 is 1.35 bits per heavy atom. The highest BCUT2D eigenvalue weighted by Gasteiger charge is 2.54. The Morgan fingerprint density at radius 2 is 1.96 bits per heavy atom. The number of hydrogen-bond acceptors (Lipinski definition) is 4. The van der Waals surface area contributed by atoms with Gasteiger partial charge in [-0.2, -0.15) is 13.2 Å². The number of carbonyl (C=O) groups excluding carboxylic acids is 1. The molecule has 1 aromatic rings. The Kier molecular flexibility index (Phi) is 4.60. The summed E-state index contributed by atoms with van der Waals surface area (Å²) in [4.78, 5) is 23.4. The number of hydrogen-bond donors (Lipinski definition) is 1. The van der Waals surface area contributed by atoms with E-state index in [0.29, 0.717) is 5.56 Å². The Balaban J connectivity index is 1.98. The molecule has 23 heavy (non-hydrogen) atoms. The molecule has 1 aromatic carbocycles. The van der Waals surface area contributed by atoms with E-state index in [1.165, 1.54) is 23.1 Å². The van der Waals surface area contributed by atoms with Crippen molar-refractivity contribution < 1.29 is 28.0 Å². The molecule has 126 valence electrons. The van der Waals surface area contributed by atoms with Crippen LogP contribution >= 0.6 is 0 Å². The molecule has 0 unspecified atom stereocenters. The summed E-state index contributed by atoms with van der Waals surface area (Å²) in [6.07, 6.45) is -6.00. The lowest BCUT2D eigenvalue weighted by molar-refractivity contribution is -0.384. The topological polar surface area (TPSA) is 83.7 Å². The SMILES string of the molecule is O=C(Cc1cccc([N+](=O)[O-])c1)N1CCC(O)(C(F)(F)F)CC1. The zero-order chi connectivity index (χ0) is 17.3. The number of halogens is 3. The first-order valence-electron chi connectivity index (χ1n) is 6.93. The van der Waals surface area contributed by atoms with Crippen molar-refractivity contribution in [1.29, 1.82) is 0 Å². The van der Waals surface area contributed by atoms with Gasteiger partial charge >= 0.3 is 6.18 Å². The second-order valence-corrected chi connectivity index (χ2v) is 5.51. The van der Waals surface area contributed by atoms with E-state index in [2.05, 4.69) is 0 Å². The molecule has 1 saturated heterocycles. The molecule has 0 radical (unpaired) electrons. The van der Waals surface area contributed by atoms with Crippen LogP contribution in [0.3, 0.4) is 0 Å². The van der Waals surface area contributed by atoms with Gasteiger partial charge in [0.05, 0.1) is 11.3 Å². The molecule has 1 heterocycles. The first-order valence-corrected chi connectivity index (χ1v) is 6.93. The summed E-state index contributed by atoms with van der Waals surface area (Å²) in [5.41, 5.74) is -2.49. The Hall–Kier alpha value is -2.16. The first-order chi connectivity index (χ1) is 10.6. The predicted octanol–water partition coefficient (Wildman–Crippen LogP) is 2.05. The molecule has 0 aliphatic carbocycles. The summed E-state index contributed by atoms with van der Waals surface area (Å²) < 4.78 is 38.1. The van der Waals surface area contributed by atoms with Crippen molar-refractivity contribution >= 4 is 11.6 Å². The average molecular weight is 332 g/mol. The number of likely N-dealkylation sites (tertiary alicyclic amines) is 1. The van der Waals surface area contributed by atoms with Gasteiger partial charge in [0.2, 0.25) is 5.91 Å². The van der Waals surface area contributed by atoms with Crippen molar-refractivity contribution in [2.24, 2.45) is 0 Å². The van der Waals surface area contributed by atoms with Gasteiger partial charge in [0, 0.05) is 38.1 Å². The minimum atomic E-state index is -4.72. The number of aliphatic hydroxyl groups is 1. The number of amides is 1. The summed E-state index contributed by atoms with van der Waals surface area (Å²) >= 11 is 0. The molecule has 9 heteroatoms. The second-order valence-electron chi connectivity index (χ2n) is 5.51. The van der Waals surface area contributed by atoms with Gasteiger partial charge in [0.25, 0.3) is 5.69 Å². The van der Waals surface area contributed by atoms with Gasteiger partial charge in [-0.05, 0) is 5.56 Å². The molecule has 0 bridgehead atoms. The maximum atomic E-state index is 12.7. The van der Waals surface area contributed by atoms with E-state index in [1.54, 1.807) is 6.07 Å². The minimum absolute atomic E-state index is 0.133. The van der Waals surface area contributed by atoms with Gasteiger partial charge < -0.3 is 10.0 Å². The number of nitrogens with zero attached hydrogens (tertiary/aromatic N) is 2. The van der Waals surface area contributed by atoms with Gasteiger partial charge in [0.15, 0.2) is 5.60 Å². The number of benzene rings is 1. The smallest absolute Gasteiger partial charge is 0.380 e. The molecule has 1 aliphatic rings. The van der Waals surface area contributed by atoms with E-state index in [1.807, 2.05) is 0 Å². The number of carbonyl (C=O) groups is 1. The zero-order valence-electron chi connectivity index (χ0n) is 12.0. The van der Waals surface area contributed by atoms with E-state index in [4.69, 9.17) is 0 Å². The van der Waals surface area contributed by atoms with E-state index in [-0.39, 0.29) is 25.2 Å². The molecule has 0 spiro atoms. The summed E-state index contributed by atoms with van der Waals surface area (Å²) in [5, 5.41) is 20.2. The maximum Gasteiger partial charge on any atom is 0.417 e. The number of nitro groups is 1. The fourth-order valence-corrected chi connectivity index (χ4v) is 2.48. The average Bonchev–Trinajstić information content (AvgIpc) is 2.47. The van der Waals surface area contributed by atoms with Crippen molar-refractivity contribution in [3.63, 3.8) is 0 Å². The van der Waals surface area contributed by atoms with Crippen LogP contribution in [-0.2, 0) is 11.2 Å². The van der Waals surface area contributed by atoms with E-state index in [0.717, 1.165) is 0 Å². The summed E-state index contributed by atoms with van der Waals surface area (Å²) in [6, 6.07) is 5.53. The van der Waals surface area contributed by atoms with Crippen LogP contribution in [0.15, 0.2) is 24.3 Å². The highest BCUT2D eigenvalue weighted by Crippen LogP contribution is 2.38. The second kappa shape index (κ2) is 6.15. The van der Waals surface area contributed by atoms with E-state index < -0.39 is 35.4 Å². The van der Waals surface area contributed by atoms with Crippen molar-refractivity contribution in [3.05, 3.63) is 39.9 Å². The molecular formula is C14H15F3N2O4. The first kappa shape index (κ1) is 17.2. The van der Waals surface area contributed by atoms with Crippen LogP contribution in [0.2, 0.25) is 0 Å². The largest absolute Gasteiger partial charge is 0.417 e. The standard InChI is InChI=1S/C14H15F3N2O4/c15-14(16,17)13(21)4-6-18(7-5-13)12(20)9-10-2-1-3-11(8-10)19(22)23/h1-3,8,21H,4-7,9H2. The Morgan fingerprint density at radius 3 is 2.48 bits per heavy atom. The predicted molar refractivity (Wildman–Crippen MR) is 73.6 cm³/mol. The Bertz CT molecular complexity index is 610. The third kappa shape index (κ3) is 3.79. The van der Waals surface area contributed by atoms with Crippen molar-refractivity contribution in [2.45, 2.75) is 31.0 Å². The lowest BCUT2D eigenvalue weighted by Crippen LogP contribution is -2.54. The molecule has 1 aliphatic heterocycles. The van der Waals surface area contributed by atoms with Gasteiger partial charge in [-0.3, -0.25) is 14.9 Å². The monoisotopic (exact) mass is 332 g/mol. The number of piperidine rings is 1. The van der Waals surface area contributed by atoms with Crippen molar-refractivity contribution in [3.8, 4) is 0 Å². The molecule has 0 atom stereocenters.